The Bertz CT molecular complexity index is 1510. The first-order valence-corrected chi connectivity index (χ1v) is 34.5. The minimum Gasteiger partial charge on any atom is -0.477 e. The molecular formula is C72H132NO8+. The molecule has 0 aromatic rings. The van der Waals surface area contributed by atoms with Crippen molar-refractivity contribution < 1.29 is 42.9 Å². The molecule has 0 aliphatic heterocycles. The lowest BCUT2D eigenvalue weighted by Gasteiger charge is -2.25. The second kappa shape index (κ2) is 63.0. The van der Waals surface area contributed by atoms with Gasteiger partial charge in [0.25, 0.3) is 6.29 Å². The number of hydrogen-bond donors (Lipinski definition) is 1. The van der Waals surface area contributed by atoms with Gasteiger partial charge in [0, 0.05) is 12.8 Å². The number of carbonyl (C=O) groups excluding carboxylic acids is 2. The summed E-state index contributed by atoms with van der Waals surface area (Å²) in [7, 11) is 5.96. The molecule has 0 rings (SSSR count). The first kappa shape index (κ1) is 78.0. The third-order valence-corrected chi connectivity index (χ3v) is 15.3. The molecule has 0 fully saturated rings. The van der Waals surface area contributed by atoms with E-state index >= 15 is 0 Å². The van der Waals surface area contributed by atoms with E-state index in [1.165, 1.54) is 218 Å². The summed E-state index contributed by atoms with van der Waals surface area (Å²) in [4.78, 5) is 37.5. The van der Waals surface area contributed by atoms with Gasteiger partial charge in [-0.2, -0.15) is 0 Å². The second-order valence-electron chi connectivity index (χ2n) is 24.5. The molecule has 2 atom stereocenters. The number of carboxylic acid groups (broad SMARTS) is 1. The lowest BCUT2D eigenvalue weighted by molar-refractivity contribution is -0.870. The summed E-state index contributed by atoms with van der Waals surface area (Å²) < 4.78 is 22.9. The zero-order chi connectivity index (χ0) is 59.1. The Morgan fingerprint density at radius 3 is 1.05 bits per heavy atom. The van der Waals surface area contributed by atoms with E-state index < -0.39 is 24.3 Å². The Kier molecular flexibility index (Phi) is 60.7. The Morgan fingerprint density at radius 1 is 0.383 bits per heavy atom. The SMILES string of the molecule is CC/C=C\C/C=C\C/C=C\C/C=C\C/C=C\CCCCCC(=O)OC(COC(=O)CCCCCCCCCCCCCCCCCCCCCCCCCCCCCCCCCCCCCCC)COC(OCC[N+](C)(C)C)C(=O)O. The van der Waals surface area contributed by atoms with Crippen molar-refractivity contribution in [2.24, 2.45) is 0 Å². The van der Waals surface area contributed by atoms with Crippen LogP contribution < -0.4 is 0 Å². The van der Waals surface area contributed by atoms with Crippen molar-refractivity contribution >= 4 is 17.9 Å². The van der Waals surface area contributed by atoms with E-state index in [4.69, 9.17) is 18.9 Å². The fraction of sp³-hybridized carbons (Fsp3) is 0.819. The molecule has 0 saturated carbocycles. The van der Waals surface area contributed by atoms with Gasteiger partial charge in [0.2, 0.25) is 0 Å². The number of unbranched alkanes of at least 4 members (excludes halogenated alkanes) is 39. The zero-order valence-corrected chi connectivity index (χ0v) is 53.9. The van der Waals surface area contributed by atoms with Crippen LogP contribution in [0.5, 0.6) is 0 Å². The Morgan fingerprint density at radius 2 is 0.704 bits per heavy atom. The van der Waals surface area contributed by atoms with Crippen molar-refractivity contribution in [2.75, 3.05) is 47.5 Å². The fourth-order valence-electron chi connectivity index (χ4n) is 10.0. The van der Waals surface area contributed by atoms with Crippen LogP contribution in [0, 0.1) is 0 Å². The normalized spacial score (nSPS) is 13.0. The summed E-state index contributed by atoms with van der Waals surface area (Å²) in [5.41, 5.74) is 0. The summed E-state index contributed by atoms with van der Waals surface area (Å²) in [6.45, 7) is 4.76. The van der Waals surface area contributed by atoms with Crippen molar-refractivity contribution in [2.45, 2.75) is 334 Å². The maximum absolute atomic E-state index is 12.9. The minimum atomic E-state index is -1.52. The highest BCUT2D eigenvalue weighted by atomic mass is 16.7. The van der Waals surface area contributed by atoms with Crippen molar-refractivity contribution in [3.63, 3.8) is 0 Å². The van der Waals surface area contributed by atoms with Crippen LogP contribution in [0.15, 0.2) is 60.8 Å². The van der Waals surface area contributed by atoms with E-state index in [2.05, 4.69) is 74.6 Å². The van der Waals surface area contributed by atoms with Crippen molar-refractivity contribution in [3.05, 3.63) is 60.8 Å². The zero-order valence-electron chi connectivity index (χ0n) is 53.9. The molecule has 0 radical (unpaired) electrons. The van der Waals surface area contributed by atoms with Gasteiger partial charge in [0.05, 0.1) is 34.4 Å². The summed E-state index contributed by atoms with van der Waals surface area (Å²) >= 11 is 0. The average Bonchev–Trinajstić information content (AvgIpc) is 3.44. The molecule has 0 aromatic carbocycles. The fourth-order valence-corrected chi connectivity index (χ4v) is 10.0. The van der Waals surface area contributed by atoms with Crippen LogP contribution in [-0.2, 0) is 33.3 Å². The Balaban J connectivity index is 4.00. The molecule has 0 aliphatic rings. The number of allylic oxidation sites excluding steroid dienone is 10. The molecule has 81 heavy (non-hydrogen) atoms. The van der Waals surface area contributed by atoms with Gasteiger partial charge in [-0.25, -0.2) is 4.79 Å². The molecule has 2 unspecified atom stereocenters. The van der Waals surface area contributed by atoms with E-state index in [0.717, 1.165) is 70.6 Å². The summed E-state index contributed by atoms with van der Waals surface area (Å²) in [6.07, 6.45) is 79.4. The molecule has 9 nitrogen and oxygen atoms in total. The van der Waals surface area contributed by atoms with Crippen LogP contribution in [-0.4, -0.2) is 87.4 Å². The number of quaternary nitrogens is 1. The summed E-state index contributed by atoms with van der Waals surface area (Å²) in [6, 6.07) is 0. The van der Waals surface area contributed by atoms with Gasteiger partial charge in [-0.3, -0.25) is 9.59 Å². The van der Waals surface area contributed by atoms with Gasteiger partial charge in [-0.1, -0.05) is 312 Å². The number of likely N-dealkylation sites (N-methyl/N-ethyl adjacent to an activating group) is 1. The molecule has 0 aromatic heterocycles. The van der Waals surface area contributed by atoms with Crippen LogP contribution in [0.3, 0.4) is 0 Å². The second-order valence-corrected chi connectivity index (χ2v) is 24.5. The first-order valence-electron chi connectivity index (χ1n) is 34.5. The molecule has 0 bridgehead atoms. The number of rotatable bonds is 64. The molecule has 0 heterocycles. The van der Waals surface area contributed by atoms with Gasteiger partial charge in [0.15, 0.2) is 6.10 Å². The number of aliphatic carboxylic acids is 1. The Labute approximate surface area is 501 Å². The standard InChI is InChI=1S/C72H131NO8/c1-6-8-10-12-14-16-18-20-22-24-26-27-28-29-30-31-32-33-34-35-36-37-38-39-40-41-42-43-45-46-48-50-52-54-56-58-60-62-69(74)79-66-68(67-80-72(71(76)77)78-65-64-73(3,4)5)81-70(75)63-61-59-57-55-53-51-49-47-44-25-23-21-19-17-15-13-11-9-7-2/h9,11,15,17,21,23,44,47,51,53,68,72H,6-8,10,12-14,16,18-20,22,24-43,45-46,48-50,52,54-67H2,1-5H3/p+1/b11-9-,17-15-,23-21-,47-44-,53-51-. The summed E-state index contributed by atoms with van der Waals surface area (Å²) in [5.74, 6) is -2.04. The molecule has 0 spiro atoms. The summed E-state index contributed by atoms with van der Waals surface area (Å²) in [5, 5.41) is 9.72. The number of esters is 2. The van der Waals surface area contributed by atoms with Gasteiger partial charge in [0.1, 0.15) is 13.2 Å². The van der Waals surface area contributed by atoms with Gasteiger partial charge in [-0.15, -0.1) is 0 Å². The number of hydrogen-bond acceptors (Lipinski definition) is 7. The largest absolute Gasteiger partial charge is 0.477 e. The third kappa shape index (κ3) is 64.4. The number of ether oxygens (including phenoxy) is 4. The molecule has 9 heteroatoms. The van der Waals surface area contributed by atoms with Crippen LogP contribution in [0.1, 0.15) is 322 Å². The maximum atomic E-state index is 12.9. The van der Waals surface area contributed by atoms with Crippen LogP contribution in [0.25, 0.3) is 0 Å². The van der Waals surface area contributed by atoms with Crippen LogP contribution in [0.2, 0.25) is 0 Å². The van der Waals surface area contributed by atoms with E-state index in [9.17, 15) is 19.5 Å². The highest BCUT2D eigenvalue weighted by Gasteiger charge is 2.25. The molecule has 0 aliphatic carbocycles. The van der Waals surface area contributed by atoms with Crippen LogP contribution >= 0.6 is 0 Å². The monoisotopic (exact) mass is 1140 g/mol. The van der Waals surface area contributed by atoms with Crippen molar-refractivity contribution in [1.29, 1.82) is 0 Å². The predicted octanol–water partition coefficient (Wildman–Crippen LogP) is 21.1. The van der Waals surface area contributed by atoms with E-state index in [1.807, 2.05) is 21.1 Å². The lowest BCUT2D eigenvalue weighted by atomic mass is 10.0. The molecule has 472 valence electrons. The Hall–Kier alpha value is -3.01. The van der Waals surface area contributed by atoms with Gasteiger partial charge in [-0.05, 0) is 57.8 Å². The van der Waals surface area contributed by atoms with Crippen molar-refractivity contribution in [1.82, 2.24) is 0 Å². The highest BCUT2D eigenvalue weighted by Crippen LogP contribution is 2.19. The van der Waals surface area contributed by atoms with E-state index in [-0.39, 0.29) is 32.2 Å². The average molecular weight is 1140 g/mol. The van der Waals surface area contributed by atoms with E-state index in [1.54, 1.807) is 0 Å². The quantitative estimate of drug-likeness (QED) is 0.0211. The number of carbonyl (C=O) groups is 3. The maximum Gasteiger partial charge on any atom is 0.361 e. The molecule has 1 N–H and O–H groups in total. The minimum absolute atomic E-state index is 0.180. The molecular weight excluding hydrogens is 1010 g/mol. The van der Waals surface area contributed by atoms with E-state index in [0.29, 0.717) is 23.9 Å². The predicted molar refractivity (Wildman–Crippen MR) is 346 cm³/mol. The third-order valence-electron chi connectivity index (χ3n) is 15.3. The molecule has 0 saturated heterocycles. The van der Waals surface area contributed by atoms with Crippen LogP contribution in [0.4, 0.5) is 0 Å². The number of carboxylic acids is 1. The lowest BCUT2D eigenvalue weighted by Crippen LogP contribution is -2.40. The first-order chi connectivity index (χ1) is 39.6. The van der Waals surface area contributed by atoms with Gasteiger partial charge < -0.3 is 28.5 Å². The smallest absolute Gasteiger partial charge is 0.361 e. The number of nitrogens with zero attached hydrogens (tertiary/aromatic N) is 1. The topological polar surface area (TPSA) is 108 Å². The molecule has 0 amide bonds. The highest BCUT2D eigenvalue weighted by molar-refractivity contribution is 5.71. The van der Waals surface area contributed by atoms with Crippen molar-refractivity contribution in [3.8, 4) is 0 Å². The van der Waals surface area contributed by atoms with Gasteiger partial charge >= 0.3 is 17.9 Å².